The number of aromatic nitrogens is 2. The van der Waals surface area contributed by atoms with Crippen LogP contribution < -0.4 is 14.3 Å². The lowest BCUT2D eigenvalue weighted by molar-refractivity contribution is -0.117. The van der Waals surface area contributed by atoms with Crippen LogP contribution in [0.15, 0.2) is 48.7 Å². The minimum absolute atomic E-state index is 0.0509. The molecule has 8 nitrogen and oxygen atoms in total. The summed E-state index contributed by atoms with van der Waals surface area (Å²) in [5, 5.41) is 14.2. The first-order chi connectivity index (χ1) is 13.1. The fraction of sp³-hybridized carbons (Fsp3) is 0.167. The highest BCUT2D eigenvalue weighted by molar-refractivity contribution is 7.85. The second kappa shape index (κ2) is 7.20. The van der Waals surface area contributed by atoms with Crippen LogP contribution in [0.2, 0.25) is 0 Å². The van der Waals surface area contributed by atoms with E-state index in [4.69, 9.17) is 0 Å². The number of phenols is 1. The van der Waals surface area contributed by atoms with Crippen molar-refractivity contribution in [2.24, 2.45) is 0 Å². The number of nitrogens with zero attached hydrogens (tertiary/aromatic N) is 3. The summed E-state index contributed by atoms with van der Waals surface area (Å²) in [6.45, 7) is 0.600. The maximum absolute atomic E-state index is 12.0. The van der Waals surface area contributed by atoms with E-state index < -0.39 is 11.2 Å². The molecule has 0 radical (unpaired) electrons. The van der Waals surface area contributed by atoms with Crippen molar-refractivity contribution in [1.29, 1.82) is 0 Å². The molecule has 1 atom stereocenters. The zero-order valence-electron chi connectivity index (χ0n) is 14.3. The number of carbonyl (C=O) groups is 1. The van der Waals surface area contributed by atoms with Crippen molar-refractivity contribution in [3.63, 3.8) is 0 Å². The van der Waals surface area contributed by atoms with E-state index in [-0.39, 0.29) is 18.2 Å². The SMILES string of the molecule is O=C1CN(c2cc3nc(NCCc4ccccn4)ccc3cc2O)S(=O)N1. The number of aromatic hydroxyl groups is 1. The van der Waals surface area contributed by atoms with E-state index in [0.29, 0.717) is 23.6 Å². The summed E-state index contributed by atoms with van der Waals surface area (Å²) in [4.78, 5) is 20.3. The summed E-state index contributed by atoms with van der Waals surface area (Å²) in [5.74, 6) is 0.280. The van der Waals surface area contributed by atoms with E-state index in [9.17, 15) is 14.1 Å². The van der Waals surface area contributed by atoms with Gasteiger partial charge in [0, 0.05) is 30.2 Å². The van der Waals surface area contributed by atoms with Gasteiger partial charge in [0.2, 0.25) is 11.2 Å². The number of hydrogen-bond acceptors (Lipinski definition) is 6. The Morgan fingerprint density at radius 2 is 2.15 bits per heavy atom. The predicted molar refractivity (Wildman–Crippen MR) is 103 cm³/mol. The number of benzene rings is 1. The molecule has 3 heterocycles. The van der Waals surface area contributed by atoms with Crippen molar-refractivity contribution in [1.82, 2.24) is 14.7 Å². The number of carbonyl (C=O) groups excluding carboxylic acids is 1. The maximum atomic E-state index is 12.0. The Hall–Kier alpha value is -3.20. The molecular weight excluding hydrogens is 366 g/mol. The van der Waals surface area contributed by atoms with Crippen LogP contribution in [0.4, 0.5) is 11.5 Å². The van der Waals surface area contributed by atoms with Crippen molar-refractivity contribution < 1.29 is 14.1 Å². The fourth-order valence-electron chi connectivity index (χ4n) is 2.86. The predicted octanol–water partition coefficient (Wildman–Crippen LogP) is 1.50. The van der Waals surface area contributed by atoms with Gasteiger partial charge < -0.3 is 10.4 Å². The summed E-state index contributed by atoms with van der Waals surface area (Å²) in [7, 11) is 0. The van der Waals surface area contributed by atoms with Gasteiger partial charge in [-0.3, -0.25) is 18.8 Å². The van der Waals surface area contributed by atoms with Crippen LogP contribution in [0.1, 0.15) is 5.69 Å². The summed E-state index contributed by atoms with van der Waals surface area (Å²) in [6.07, 6.45) is 2.53. The zero-order valence-corrected chi connectivity index (χ0v) is 15.1. The number of fused-ring (bicyclic) bond motifs is 1. The van der Waals surface area contributed by atoms with Crippen LogP contribution >= 0.6 is 0 Å². The third kappa shape index (κ3) is 3.68. The van der Waals surface area contributed by atoms with E-state index in [1.165, 1.54) is 4.31 Å². The number of nitrogens with one attached hydrogen (secondary N) is 2. The molecule has 138 valence electrons. The van der Waals surface area contributed by atoms with Gasteiger partial charge in [0.1, 0.15) is 18.1 Å². The molecule has 1 amide bonds. The van der Waals surface area contributed by atoms with Crippen molar-refractivity contribution in [3.8, 4) is 5.75 Å². The third-order valence-electron chi connectivity index (χ3n) is 4.16. The number of hydrogen-bond donors (Lipinski definition) is 3. The standard InChI is InChI=1S/C18H17N5O3S/c24-16-9-12-4-5-17(20-8-6-13-3-1-2-7-19-13)21-14(12)10-15(16)23-11-18(25)22-27(23)26/h1-5,7,9-10,24H,6,8,11H2,(H,20,21)(H,22,25). The number of phenolic OH excluding ortho intramolecular Hbond substituents is 1. The second-order valence-electron chi connectivity index (χ2n) is 6.04. The highest BCUT2D eigenvalue weighted by atomic mass is 32.2. The Kier molecular flexibility index (Phi) is 4.59. The summed E-state index contributed by atoms with van der Waals surface area (Å²) in [6, 6.07) is 12.7. The van der Waals surface area contributed by atoms with Crippen LogP contribution in [0.3, 0.4) is 0 Å². The molecule has 4 rings (SSSR count). The minimum Gasteiger partial charge on any atom is -0.506 e. The largest absolute Gasteiger partial charge is 0.506 e. The lowest BCUT2D eigenvalue weighted by atomic mass is 10.1. The van der Waals surface area contributed by atoms with E-state index in [2.05, 4.69) is 20.0 Å². The lowest BCUT2D eigenvalue weighted by Gasteiger charge is -2.16. The van der Waals surface area contributed by atoms with Crippen molar-refractivity contribution >= 4 is 39.5 Å². The van der Waals surface area contributed by atoms with Gasteiger partial charge in [0.25, 0.3) is 5.91 Å². The summed E-state index contributed by atoms with van der Waals surface area (Å²) in [5.41, 5.74) is 1.92. The molecule has 3 N–H and O–H groups in total. The van der Waals surface area contributed by atoms with Crippen LogP contribution in [0.25, 0.3) is 10.9 Å². The van der Waals surface area contributed by atoms with Gasteiger partial charge in [-0.2, -0.15) is 0 Å². The monoisotopic (exact) mass is 383 g/mol. The summed E-state index contributed by atoms with van der Waals surface area (Å²) < 4.78 is 15.6. The van der Waals surface area contributed by atoms with Gasteiger partial charge in [0.15, 0.2) is 0 Å². The molecule has 1 aliphatic heterocycles. The Labute approximate surface area is 158 Å². The highest BCUT2D eigenvalue weighted by Gasteiger charge is 2.29. The molecule has 0 aliphatic carbocycles. The number of anilines is 2. The minimum atomic E-state index is -1.70. The van der Waals surface area contributed by atoms with Gasteiger partial charge in [-0.15, -0.1) is 0 Å². The molecule has 1 unspecified atom stereocenters. The maximum Gasteiger partial charge on any atom is 0.253 e. The average molecular weight is 383 g/mol. The molecule has 27 heavy (non-hydrogen) atoms. The first-order valence-corrected chi connectivity index (χ1v) is 9.47. The van der Waals surface area contributed by atoms with Crippen LogP contribution in [0, 0.1) is 0 Å². The quantitative estimate of drug-likeness (QED) is 0.616. The van der Waals surface area contributed by atoms with E-state index in [1.807, 2.05) is 30.3 Å². The normalized spacial score (nSPS) is 16.5. The Bertz CT molecular complexity index is 1030. The highest BCUT2D eigenvalue weighted by Crippen LogP contribution is 2.33. The first kappa shape index (κ1) is 17.2. The third-order valence-corrected chi connectivity index (χ3v) is 5.28. The average Bonchev–Trinajstić information content (AvgIpc) is 3.00. The smallest absolute Gasteiger partial charge is 0.253 e. The van der Waals surface area contributed by atoms with Crippen LogP contribution in [0.5, 0.6) is 5.75 Å². The molecule has 0 bridgehead atoms. The van der Waals surface area contributed by atoms with Gasteiger partial charge >= 0.3 is 0 Å². The zero-order chi connectivity index (χ0) is 18.8. The van der Waals surface area contributed by atoms with Crippen LogP contribution in [-0.2, 0) is 22.4 Å². The Morgan fingerprint density at radius 1 is 1.26 bits per heavy atom. The topological polar surface area (TPSA) is 107 Å². The van der Waals surface area contributed by atoms with Crippen molar-refractivity contribution in [2.45, 2.75) is 6.42 Å². The van der Waals surface area contributed by atoms with Crippen molar-refractivity contribution in [3.05, 3.63) is 54.4 Å². The molecule has 0 saturated carbocycles. The lowest BCUT2D eigenvalue weighted by Crippen LogP contribution is -2.22. The van der Waals surface area contributed by atoms with Crippen molar-refractivity contribution in [2.75, 3.05) is 22.7 Å². The van der Waals surface area contributed by atoms with Gasteiger partial charge in [-0.05, 0) is 36.4 Å². The Morgan fingerprint density at radius 3 is 2.89 bits per heavy atom. The van der Waals surface area contributed by atoms with Gasteiger partial charge in [-0.1, -0.05) is 6.07 Å². The van der Waals surface area contributed by atoms with E-state index >= 15 is 0 Å². The van der Waals surface area contributed by atoms with E-state index in [1.54, 1.807) is 18.3 Å². The van der Waals surface area contributed by atoms with Gasteiger partial charge in [-0.25, -0.2) is 9.19 Å². The number of amides is 1. The molecule has 0 spiro atoms. The first-order valence-electron chi connectivity index (χ1n) is 8.36. The Balaban J connectivity index is 1.55. The number of rotatable bonds is 5. The van der Waals surface area contributed by atoms with Crippen LogP contribution in [-0.4, -0.2) is 38.3 Å². The summed E-state index contributed by atoms with van der Waals surface area (Å²) >= 11 is -1.70. The molecule has 1 aliphatic rings. The van der Waals surface area contributed by atoms with Gasteiger partial charge in [0.05, 0.1) is 11.2 Å². The molecule has 2 aromatic heterocycles. The molecule has 1 aromatic carbocycles. The fourth-order valence-corrected chi connectivity index (χ4v) is 3.79. The number of pyridine rings is 2. The molecule has 1 saturated heterocycles. The molecule has 1 fully saturated rings. The molecule has 9 heteroatoms. The molecular formula is C18H17N5O3S. The van der Waals surface area contributed by atoms with E-state index in [0.717, 1.165) is 17.5 Å². The second-order valence-corrected chi connectivity index (χ2v) is 7.18. The molecule has 3 aromatic rings.